The highest BCUT2D eigenvalue weighted by Crippen LogP contribution is 2.36. The number of ether oxygens (including phenoxy) is 1. The smallest absolute Gasteiger partial charge is 0.391 e. The van der Waals surface area contributed by atoms with Crippen LogP contribution in [0.15, 0.2) is 0 Å². The van der Waals surface area contributed by atoms with Gasteiger partial charge in [0, 0.05) is 18.6 Å². The van der Waals surface area contributed by atoms with Gasteiger partial charge < -0.3 is 14.7 Å². The lowest BCUT2D eigenvalue weighted by molar-refractivity contribution is -0.185. The Balaban J connectivity index is 1.83. The standard InChI is InChI=1S/C12H20F3NO2/c13-12(14,15)10-1-4-16(5-2-10)7-11(8-17)3-6-18-9-11/h10,17H,1-9H2. The third-order valence-corrected chi connectivity index (χ3v) is 4.13. The summed E-state index contributed by atoms with van der Waals surface area (Å²) in [6, 6.07) is 0. The molecular formula is C12H20F3NO2. The van der Waals surface area contributed by atoms with Crippen molar-refractivity contribution in [3.05, 3.63) is 0 Å². The fourth-order valence-electron chi connectivity index (χ4n) is 2.84. The highest BCUT2D eigenvalue weighted by Gasteiger charge is 2.43. The van der Waals surface area contributed by atoms with E-state index < -0.39 is 12.1 Å². The maximum atomic E-state index is 12.5. The fourth-order valence-corrected chi connectivity index (χ4v) is 2.84. The van der Waals surface area contributed by atoms with Crippen molar-refractivity contribution in [1.82, 2.24) is 4.90 Å². The molecule has 2 aliphatic heterocycles. The molecule has 2 fully saturated rings. The summed E-state index contributed by atoms with van der Waals surface area (Å²) >= 11 is 0. The molecule has 106 valence electrons. The van der Waals surface area contributed by atoms with Gasteiger partial charge in [-0.25, -0.2) is 0 Å². The maximum absolute atomic E-state index is 12.5. The molecule has 1 unspecified atom stereocenters. The summed E-state index contributed by atoms with van der Waals surface area (Å²) in [4.78, 5) is 2.03. The first kappa shape index (κ1) is 14.1. The van der Waals surface area contributed by atoms with Gasteiger partial charge in [-0.1, -0.05) is 0 Å². The Morgan fingerprint density at radius 2 is 1.94 bits per heavy atom. The lowest BCUT2D eigenvalue weighted by Gasteiger charge is -2.37. The van der Waals surface area contributed by atoms with Crippen molar-refractivity contribution in [3.8, 4) is 0 Å². The summed E-state index contributed by atoms with van der Waals surface area (Å²) in [5.41, 5.74) is -0.259. The van der Waals surface area contributed by atoms with Crippen molar-refractivity contribution in [2.45, 2.75) is 25.4 Å². The summed E-state index contributed by atoms with van der Waals surface area (Å²) in [5.74, 6) is -1.15. The molecule has 0 aliphatic carbocycles. The van der Waals surface area contributed by atoms with Crippen LogP contribution in [0, 0.1) is 11.3 Å². The molecule has 2 rings (SSSR count). The number of aliphatic hydroxyl groups is 1. The first-order chi connectivity index (χ1) is 8.45. The van der Waals surface area contributed by atoms with E-state index in [0.29, 0.717) is 32.8 Å². The molecule has 0 saturated carbocycles. The van der Waals surface area contributed by atoms with Gasteiger partial charge in [0.2, 0.25) is 0 Å². The van der Waals surface area contributed by atoms with Gasteiger partial charge in [-0.3, -0.25) is 0 Å². The molecule has 1 atom stereocenters. The first-order valence-electron chi connectivity index (χ1n) is 6.43. The summed E-state index contributed by atoms with van der Waals surface area (Å²) in [7, 11) is 0. The van der Waals surface area contributed by atoms with Crippen LogP contribution in [-0.2, 0) is 4.74 Å². The second kappa shape index (κ2) is 5.35. The van der Waals surface area contributed by atoms with Gasteiger partial charge in [0.1, 0.15) is 0 Å². The molecule has 0 aromatic carbocycles. The topological polar surface area (TPSA) is 32.7 Å². The lowest BCUT2D eigenvalue weighted by atomic mass is 9.86. The van der Waals surface area contributed by atoms with E-state index in [4.69, 9.17) is 4.74 Å². The number of rotatable bonds is 3. The number of nitrogens with zero attached hydrogens (tertiary/aromatic N) is 1. The van der Waals surface area contributed by atoms with Crippen molar-refractivity contribution in [2.75, 3.05) is 39.5 Å². The molecule has 1 N–H and O–H groups in total. The quantitative estimate of drug-likeness (QED) is 0.844. The van der Waals surface area contributed by atoms with Gasteiger partial charge in [-0.15, -0.1) is 0 Å². The minimum Gasteiger partial charge on any atom is -0.396 e. The molecule has 0 spiro atoms. The van der Waals surface area contributed by atoms with Crippen LogP contribution in [0.25, 0.3) is 0 Å². The highest BCUT2D eigenvalue weighted by atomic mass is 19.4. The van der Waals surface area contributed by atoms with E-state index in [1.165, 1.54) is 0 Å². The van der Waals surface area contributed by atoms with E-state index in [-0.39, 0.29) is 24.9 Å². The van der Waals surface area contributed by atoms with E-state index in [1.807, 2.05) is 4.90 Å². The van der Waals surface area contributed by atoms with E-state index in [1.54, 1.807) is 0 Å². The molecular weight excluding hydrogens is 247 g/mol. The van der Waals surface area contributed by atoms with Gasteiger partial charge in [0.15, 0.2) is 0 Å². The maximum Gasteiger partial charge on any atom is 0.391 e. The van der Waals surface area contributed by atoms with Crippen molar-refractivity contribution in [2.24, 2.45) is 11.3 Å². The fraction of sp³-hybridized carbons (Fsp3) is 1.00. The molecule has 2 heterocycles. The average molecular weight is 267 g/mol. The number of halogens is 3. The van der Waals surface area contributed by atoms with Crippen LogP contribution < -0.4 is 0 Å². The minimum atomic E-state index is -4.06. The predicted octanol–water partition coefficient (Wildman–Crippen LogP) is 1.66. The largest absolute Gasteiger partial charge is 0.396 e. The Labute approximate surface area is 105 Å². The molecule has 6 heteroatoms. The summed E-state index contributed by atoms with van der Waals surface area (Å²) in [5, 5.41) is 9.44. The number of hydrogen-bond acceptors (Lipinski definition) is 3. The van der Waals surface area contributed by atoms with Crippen LogP contribution >= 0.6 is 0 Å². The van der Waals surface area contributed by atoms with E-state index >= 15 is 0 Å². The van der Waals surface area contributed by atoms with Crippen molar-refractivity contribution in [1.29, 1.82) is 0 Å². The minimum absolute atomic E-state index is 0.0478. The molecule has 2 saturated heterocycles. The van der Waals surface area contributed by atoms with E-state index in [2.05, 4.69) is 0 Å². The molecule has 2 aliphatic rings. The average Bonchev–Trinajstić information content (AvgIpc) is 2.78. The molecule has 3 nitrogen and oxygen atoms in total. The third kappa shape index (κ3) is 3.16. The zero-order valence-corrected chi connectivity index (χ0v) is 10.4. The van der Waals surface area contributed by atoms with Crippen LogP contribution in [0.2, 0.25) is 0 Å². The number of alkyl halides is 3. The molecule has 0 amide bonds. The number of hydrogen-bond donors (Lipinski definition) is 1. The Morgan fingerprint density at radius 1 is 1.28 bits per heavy atom. The van der Waals surface area contributed by atoms with Crippen molar-refractivity contribution < 1.29 is 23.0 Å². The lowest BCUT2D eigenvalue weighted by Crippen LogP contribution is -2.46. The van der Waals surface area contributed by atoms with Crippen LogP contribution in [0.4, 0.5) is 13.2 Å². The summed E-state index contributed by atoms with van der Waals surface area (Å²) < 4.78 is 42.9. The molecule has 0 aromatic heterocycles. The number of aliphatic hydroxyl groups excluding tert-OH is 1. The Bertz CT molecular complexity index is 269. The Morgan fingerprint density at radius 3 is 2.39 bits per heavy atom. The molecule has 18 heavy (non-hydrogen) atoms. The van der Waals surface area contributed by atoms with Gasteiger partial charge in [-0.05, 0) is 32.4 Å². The van der Waals surface area contributed by atoms with Gasteiger partial charge >= 0.3 is 6.18 Å². The summed E-state index contributed by atoms with van der Waals surface area (Å²) in [6.45, 7) is 2.78. The number of piperidine rings is 1. The molecule has 0 aromatic rings. The third-order valence-electron chi connectivity index (χ3n) is 4.13. The van der Waals surface area contributed by atoms with Crippen LogP contribution in [0.1, 0.15) is 19.3 Å². The van der Waals surface area contributed by atoms with Crippen LogP contribution in [0.3, 0.4) is 0 Å². The second-order valence-electron chi connectivity index (χ2n) is 5.55. The monoisotopic (exact) mass is 267 g/mol. The Hall–Kier alpha value is -0.330. The van der Waals surface area contributed by atoms with Gasteiger partial charge in [0.05, 0.1) is 19.1 Å². The Kier molecular flexibility index (Phi) is 4.18. The predicted molar refractivity (Wildman–Crippen MR) is 60.2 cm³/mol. The van der Waals surface area contributed by atoms with Gasteiger partial charge in [-0.2, -0.15) is 13.2 Å². The van der Waals surface area contributed by atoms with Crippen LogP contribution in [-0.4, -0.2) is 55.6 Å². The van der Waals surface area contributed by atoms with E-state index in [9.17, 15) is 18.3 Å². The zero-order valence-electron chi connectivity index (χ0n) is 10.4. The van der Waals surface area contributed by atoms with Gasteiger partial charge in [0.25, 0.3) is 0 Å². The first-order valence-corrected chi connectivity index (χ1v) is 6.43. The molecule has 0 radical (unpaired) electrons. The normalized spacial score (nSPS) is 32.0. The van der Waals surface area contributed by atoms with Crippen molar-refractivity contribution in [3.63, 3.8) is 0 Å². The number of likely N-dealkylation sites (tertiary alicyclic amines) is 1. The van der Waals surface area contributed by atoms with E-state index in [0.717, 1.165) is 6.42 Å². The van der Waals surface area contributed by atoms with Crippen molar-refractivity contribution >= 4 is 0 Å². The summed E-state index contributed by atoms with van der Waals surface area (Å²) in [6.07, 6.45) is -2.92. The second-order valence-corrected chi connectivity index (χ2v) is 5.55. The van der Waals surface area contributed by atoms with Crippen LogP contribution in [0.5, 0.6) is 0 Å². The SMILES string of the molecule is OCC1(CN2CCC(C(F)(F)F)CC2)CCOC1. The highest BCUT2D eigenvalue weighted by molar-refractivity contribution is 4.88. The zero-order chi connectivity index (χ0) is 13.2. The molecule has 0 bridgehead atoms.